The van der Waals surface area contributed by atoms with E-state index in [1.807, 2.05) is 6.92 Å². The fourth-order valence-corrected chi connectivity index (χ4v) is 3.94. The van der Waals surface area contributed by atoms with Crippen LogP contribution in [0, 0.1) is 0 Å². The lowest BCUT2D eigenvalue weighted by Gasteiger charge is -2.13. The zero-order valence-corrected chi connectivity index (χ0v) is 17.9. The van der Waals surface area contributed by atoms with Crippen LogP contribution in [-0.2, 0) is 11.3 Å². The normalized spacial score (nSPS) is 11.0. The lowest BCUT2D eigenvalue weighted by Crippen LogP contribution is -2.24. The molecule has 0 spiro atoms. The van der Waals surface area contributed by atoms with Crippen molar-refractivity contribution in [2.45, 2.75) is 25.0 Å². The Balaban J connectivity index is 1.84. The van der Waals surface area contributed by atoms with Crippen molar-refractivity contribution in [3.63, 3.8) is 0 Å². The van der Waals surface area contributed by atoms with E-state index < -0.39 is 0 Å². The molecule has 2 aromatic carbocycles. The Labute approximate surface area is 181 Å². The fourth-order valence-electron chi connectivity index (χ4n) is 2.61. The van der Waals surface area contributed by atoms with E-state index in [0.717, 1.165) is 6.42 Å². The molecule has 0 saturated carbocycles. The highest BCUT2D eigenvalue weighted by Crippen LogP contribution is 2.26. The molecule has 0 radical (unpaired) electrons. The van der Waals surface area contributed by atoms with Crippen molar-refractivity contribution >= 4 is 69.1 Å². The molecule has 0 unspecified atom stereocenters. The van der Waals surface area contributed by atoms with Gasteiger partial charge in [-0.15, -0.1) is 0 Å². The molecular weight excluding hydrogens is 441 g/mol. The number of aromatic nitrogens is 2. The Bertz CT molecular complexity index is 1100. The van der Waals surface area contributed by atoms with Crippen LogP contribution in [0.15, 0.2) is 46.3 Å². The van der Waals surface area contributed by atoms with Crippen molar-refractivity contribution in [1.82, 2.24) is 9.55 Å². The van der Waals surface area contributed by atoms with Crippen LogP contribution < -0.4 is 10.9 Å². The molecule has 0 bridgehead atoms. The quantitative estimate of drug-likeness (QED) is 0.393. The lowest BCUT2D eigenvalue weighted by atomic mass is 10.2. The summed E-state index contributed by atoms with van der Waals surface area (Å²) in [5.74, 6) is -0.219. The summed E-state index contributed by atoms with van der Waals surface area (Å²) >= 11 is 19.2. The minimum Gasteiger partial charge on any atom is -0.324 e. The second kappa shape index (κ2) is 9.18. The number of carbonyl (C=O) groups is 1. The van der Waals surface area contributed by atoms with Crippen LogP contribution in [0.25, 0.3) is 10.9 Å². The first-order chi connectivity index (χ1) is 13.4. The first-order valence-corrected chi connectivity index (χ1v) is 10.6. The van der Waals surface area contributed by atoms with E-state index >= 15 is 0 Å². The zero-order chi connectivity index (χ0) is 20.3. The Kier molecular flexibility index (Phi) is 6.88. The minimum atomic E-state index is -0.280. The average Bonchev–Trinajstić information content (AvgIpc) is 2.65. The molecule has 3 aromatic rings. The monoisotopic (exact) mass is 455 g/mol. The largest absolute Gasteiger partial charge is 0.324 e. The van der Waals surface area contributed by atoms with Gasteiger partial charge in [-0.1, -0.05) is 53.5 Å². The maximum absolute atomic E-state index is 12.8. The maximum Gasteiger partial charge on any atom is 0.262 e. The number of hydrogen-bond acceptors (Lipinski definition) is 4. The van der Waals surface area contributed by atoms with Crippen molar-refractivity contribution in [3.8, 4) is 0 Å². The first-order valence-electron chi connectivity index (χ1n) is 8.47. The number of fused-ring (bicyclic) bond motifs is 1. The van der Waals surface area contributed by atoms with Crippen LogP contribution in [0.3, 0.4) is 0 Å². The SMILES string of the molecule is CCCn1c(SCC(=O)Nc2cc(Cl)ccc2Cl)nc2cc(Cl)ccc2c1=O. The van der Waals surface area contributed by atoms with Crippen molar-refractivity contribution < 1.29 is 4.79 Å². The summed E-state index contributed by atoms with van der Waals surface area (Å²) in [4.78, 5) is 29.7. The summed E-state index contributed by atoms with van der Waals surface area (Å²) in [5, 5.41) is 5.04. The molecule has 0 aliphatic heterocycles. The van der Waals surface area contributed by atoms with Crippen LogP contribution >= 0.6 is 46.6 Å². The van der Waals surface area contributed by atoms with E-state index in [9.17, 15) is 9.59 Å². The number of benzene rings is 2. The van der Waals surface area contributed by atoms with E-state index in [0.29, 0.717) is 43.4 Å². The van der Waals surface area contributed by atoms with Gasteiger partial charge in [0.25, 0.3) is 5.56 Å². The lowest BCUT2D eigenvalue weighted by molar-refractivity contribution is -0.113. The highest BCUT2D eigenvalue weighted by molar-refractivity contribution is 7.99. The number of carbonyl (C=O) groups excluding carboxylic acids is 1. The summed E-state index contributed by atoms with van der Waals surface area (Å²) in [5.41, 5.74) is 0.791. The van der Waals surface area contributed by atoms with Crippen LogP contribution in [0.4, 0.5) is 5.69 Å². The van der Waals surface area contributed by atoms with Crippen LogP contribution in [0.5, 0.6) is 0 Å². The van der Waals surface area contributed by atoms with Crippen molar-refractivity contribution in [1.29, 1.82) is 0 Å². The molecule has 28 heavy (non-hydrogen) atoms. The molecule has 0 fully saturated rings. The van der Waals surface area contributed by atoms with Gasteiger partial charge in [0.2, 0.25) is 5.91 Å². The average molecular weight is 457 g/mol. The van der Waals surface area contributed by atoms with Gasteiger partial charge in [0.15, 0.2) is 5.16 Å². The number of anilines is 1. The molecule has 9 heteroatoms. The van der Waals surface area contributed by atoms with E-state index in [4.69, 9.17) is 34.8 Å². The molecular formula is C19H16Cl3N3O2S. The van der Waals surface area contributed by atoms with Gasteiger partial charge in [0.1, 0.15) is 0 Å². The summed E-state index contributed by atoms with van der Waals surface area (Å²) in [6.45, 7) is 2.48. The number of halogens is 3. The molecule has 0 aliphatic rings. The second-order valence-electron chi connectivity index (χ2n) is 5.97. The number of hydrogen-bond donors (Lipinski definition) is 1. The van der Waals surface area contributed by atoms with Crippen LogP contribution in [0.1, 0.15) is 13.3 Å². The van der Waals surface area contributed by atoms with Gasteiger partial charge in [-0.3, -0.25) is 14.2 Å². The second-order valence-corrected chi connectivity index (χ2v) is 8.20. The summed E-state index contributed by atoms with van der Waals surface area (Å²) in [6.07, 6.45) is 0.762. The Morgan fingerprint density at radius 2 is 1.86 bits per heavy atom. The Morgan fingerprint density at radius 3 is 2.61 bits per heavy atom. The maximum atomic E-state index is 12.8. The fraction of sp³-hybridized carbons (Fsp3) is 0.211. The van der Waals surface area contributed by atoms with Crippen molar-refractivity contribution in [2.24, 2.45) is 0 Å². The molecule has 5 nitrogen and oxygen atoms in total. The molecule has 1 aromatic heterocycles. The van der Waals surface area contributed by atoms with Crippen molar-refractivity contribution in [2.75, 3.05) is 11.1 Å². The predicted octanol–water partition coefficient (Wildman–Crippen LogP) is 5.50. The van der Waals surface area contributed by atoms with Gasteiger partial charge >= 0.3 is 0 Å². The van der Waals surface area contributed by atoms with E-state index in [2.05, 4.69) is 10.3 Å². The topological polar surface area (TPSA) is 64.0 Å². The third-order valence-electron chi connectivity index (χ3n) is 3.86. The van der Waals surface area contributed by atoms with Gasteiger partial charge in [-0.05, 0) is 42.8 Å². The minimum absolute atomic E-state index is 0.0606. The smallest absolute Gasteiger partial charge is 0.262 e. The first kappa shape index (κ1) is 21.0. The Morgan fingerprint density at radius 1 is 1.14 bits per heavy atom. The van der Waals surface area contributed by atoms with Gasteiger partial charge < -0.3 is 5.32 Å². The Hall–Kier alpha value is -1.73. The number of rotatable bonds is 6. The third kappa shape index (κ3) is 4.81. The van der Waals surface area contributed by atoms with Crippen molar-refractivity contribution in [3.05, 3.63) is 61.8 Å². The standard InChI is InChI=1S/C19H16Cl3N3O2S/c1-2-7-25-18(27)13-5-3-11(20)8-15(13)24-19(25)28-10-17(26)23-16-9-12(21)4-6-14(16)22/h3-6,8-9H,2,7,10H2,1H3,(H,23,26). The highest BCUT2D eigenvalue weighted by atomic mass is 35.5. The van der Waals surface area contributed by atoms with Gasteiger partial charge in [0.05, 0.1) is 27.4 Å². The van der Waals surface area contributed by atoms with Crippen LogP contribution in [0.2, 0.25) is 15.1 Å². The van der Waals surface area contributed by atoms with Gasteiger partial charge in [-0.2, -0.15) is 0 Å². The summed E-state index contributed by atoms with van der Waals surface area (Å²) in [7, 11) is 0. The van der Waals surface area contributed by atoms with E-state index in [-0.39, 0.29) is 17.2 Å². The molecule has 146 valence electrons. The predicted molar refractivity (Wildman–Crippen MR) is 117 cm³/mol. The molecule has 0 atom stereocenters. The highest BCUT2D eigenvalue weighted by Gasteiger charge is 2.14. The van der Waals surface area contributed by atoms with E-state index in [1.165, 1.54) is 11.8 Å². The number of thioether (sulfide) groups is 1. The molecule has 1 amide bonds. The molecule has 0 aliphatic carbocycles. The third-order valence-corrected chi connectivity index (χ3v) is 5.64. The number of amides is 1. The number of nitrogens with zero attached hydrogens (tertiary/aromatic N) is 2. The molecule has 1 heterocycles. The van der Waals surface area contributed by atoms with Gasteiger partial charge in [0, 0.05) is 16.6 Å². The zero-order valence-electron chi connectivity index (χ0n) is 14.8. The summed E-state index contributed by atoms with van der Waals surface area (Å²) < 4.78 is 1.58. The number of nitrogens with one attached hydrogen (secondary N) is 1. The van der Waals surface area contributed by atoms with Crippen LogP contribution in [-0.4, -0.2) is 21.2 Å². The van der Waals surface area contributed by atoms with Gasteiger partial charge in [-0.25, -0.2) is 4.98 Å². The molecule has 3 rings (SSSR count). The van der Waals surface area contributed by atoms with E-state index in [1.54, 1.807) is 41.0 Å². The molecule has 0 saturated heterocycles. The summed E-state index contributed by atoms with van der Waals surface area (Å²) in [6, 6.07) is 9.81. The molecule has 1 N–H and O–H groups in total.